The Bertz CT molecular complexity index is 287. The summed E-state index contributed by atoms with van der Waals surface area (Å²) in [5.74, 6) is 0.568. The molecule has 0 saturated carbocycles. The van der Waals surface area contributed by atoms with E-state index in [0.717, 1.165) is 12.8 Å². The number of piperidine rings is 1. The summed E-state index contributed by atoms with van der Waals surface area (Å²) in [6, 6.07) is 0.112. The fraction of sp³-hybridized carbons (Fsp3) is 0.923. The molecule has 1 rings (SSSR count). The molecule has 2 N–H and O–H groups in total. The lowest BCUT2D eigenvalue weighted by molar-refractivity contribution is -0.246. The number of carbonyl (C=O) groups is 1. The first-order chi connectivity index (χ1) is 8.19. The maximum atomic E-state index is 11.7. The molecule has 0 bridgehead atoms. The van der Waals surface area contributed by atoms with Gasteiger partial charge >= 0.3 is 0 Å². The van der Waals surface area contributed by atoms with Crippen LogP contribution in [0.4, 0.5) is 0 Å². The Labute approximate surface area is 115 Å². The van der Waals surface area contributed by atoms with Gasteiger partial charge in [-0.2, -0.15) is 5.06 Å². The molecule has 0 aromatic carbocycles. The van der Waals surface area contributed by atoms with Gasteiger partial charge in [-0.15, -0.1) is 11.6 Å². The van der Waals surface area contributed by atoms with E-state index in [2.05, 4.69) is 5.32 Å². The van der Waals surface area contributed by atoms with Gasteiger partial charge in [0.2, 0.25) is 5.91 Å². The van der Waals surface area contributed by atoms with Crippen molar-refractivity contribution in [2.45, 2.75) is 70.5 Å². The Hall–Kier alpha value is -0.320. The Morgan fingerprint density at radius 1 is 1.33 bits per heavy atom. The van der Waals surface area contributed by atoms with Crippen LogP contribution >= 0.6 is 11.6 Å². The zero-order valence-corrected chi connectivity index (χ0v) is 12.5. The number of nitrogens with one attached hydrogen (secondary N) is 1. The molecule has 0 spiro atoms. The van der Waals surface area contributed by atoms with Crippen LogP contribution < -0.4 is 5.32 Å². The van der Waals surface area contributed by atoms with E-state index in [9.17, 15) is 10.0 Å². The van der Waals surface area contributed by atoms with Crippen molar-refractivity contribution in [2.24, 2.45) is 0 Å². The molecule has 106 valence electrons. The molecule has 0 aliphatic carbocycles. The fourth-order valence-corrected chi connectivity index (χ4v) is 3.03. The van der Waals surface area contributed by atoms with Gasteiger partial charge in [-0.05, 0) is 47.0 Å². The van der Waals surface area contributed by atoms with Crippen LogP contribution in [0, 0.1) is 0 Å². The highest BCUT2D eigenvalue weighted by molar-refractivity contribution is 6.17. The van der Waals surface area contributed by atoms with Crippen LogP contribution in [0.1, 0.15) is 53.4 Å². The Morgan fingerprint density at radius 3 is 2.28 bits per heavy atom. The van der Waals surface area contributed by atoms with Crippen LogP contribution in [0.25, 0.3) is 0 Å². The lowest BCUT2D eigenvalue weighted by Gasteiger charge is -2.51. The predicted octanol–water partition coefficient (Wildman–Crippen LogP) is 2.53. The molecule has 4 nitrogen and oxygen atoms in total. The van der Waals surface area contributed by atoms with Crippen molar-refractivity contribution in [3.63, 3.8) is 0 Å². The van der Waals surface area contributed by atoms with E-state index in [0.29, 0.717) is 18.7 Å². The van der Waals surface area contributed by atoms with Crippen molar-refractivity contribution < 1.29 is 10.0 Å². The molecule has 1 aliphatic heterocycles. The highest BCUT2D eigenvalue weighted by Crippen LogP contribution is 2.36. The summed E-state index contributed by atoms with van der Waals surface area (Å²) < 4.78 is 0. The number of rotatable bonds is 4. The second kappa shape index (κ2) is 5.76. The molecule has 1 saturated heterocycles. The second-order valence-corrected chi connectivity index (χ2v) is 6.78. The third kappa shape index (κ3) is 3.84. The summed E-state index contributed by atoms with van der Waals surface area (Å²) in [4.78, 5) is 11.7. The highest BCUT2D eigenvalue weighted by Gasteiger charge is 2.45. The summed E-state index contributed by atoms with van der Waals surface area (Å²) in [6.07, 6.45) is 2.68. The van der Waals surface area contributed by atoms with Crippen molar-refractivity contribution in [1.29, 1.82) is 0 Å². The van der Waals surface area contributed by atoms with Crippen LogP contribution in [0.5, 0.6) is 0 Å². The van der Waals surface area contributed by atoms with Crippen LogP contribution in [0.3, 0.4) is 0 Å². The number of halogens is 1. The Kier molecular flexibility index (Phi) is 5.04. The molecule has 1 fully saturated rings. The molecular formula is C13H25ClN2O2. The molecule has 0 radical (unpaired) electrons. The predicted molar refractivity (Wildman–Crippen MR) is 72.9 cm³/mol. The first kappa shape index (κ1) is 15.7. The number of hydrogen-bond acceptors (Lipinski definition) is 3. The molecule has 1 heterocycles. The quantitative estimate of drug-likeness (QED) is 0.776. The van der Waals surface area contributed by atoms with Gasteiger partial charge in [-0.25, -0.2) is 0 Å². The second-order valence-electron chi connectivity index (χ2n) is 6.40. The molecule has 18 heavy (non-hydrogen) atoms. The molecule has 0 atom stereocenters. The minimum atomic E-state index is -0.327. The van der Waals surface area contributed by atoms with E-state index in [1.165, 1.54) is 5.06 Å². The molecule has 5 heteroatoms. The van der Waals surface area contributed by atoms with E-state index in [-0.39, 0.29) is 23.0 Å². The Balaban J connectivity index is 2.61. The normalized spacial score (nSPS) is 23.9. The monoisotopic (exact) mass is 276 g/mol. The molecule has 0 aromatic rings. The summed E-state index contributed by atoms with van der Waals surface area (Å²) in [5.41, 5.74) is -0.654. The smallest absolute Gasteiger partial charge is 0.220 e. The van der Waals surface area contributed by atoms with E-state index in [1.54, 1.807) is 0 Å². The number of amides is 1. The summed E-state index contributed by atoms with van der Waals surface area (Å²) in [7, 11) is 0. The maximum Gasteiger partial charge on any atom is 0.220 e. The molecular weight excluding hydrogens is 252 g/mol. The van der Waals surface area contributed by atoms with Gasteiger partial charge in [-0.1, -0.05) is 0 Å². The number of carbonyl (C=O) groups excluding carboxylic acids is 1. The van der Waals surface area contributed by atoms with Crippen LogP contribution in [0.15, 0.2) is 0 Å². The van der Waals surface area contributed by atoms with Gasteiger partial charge in [-0.3, -0.25) is 4.79 Å². The van der Waals surface area contributed by atoms with Gasteiger partial charge in [0.1, 0.15) is 0 Å². The lowest BCUT2D eigenvalue weighted by atomic mass is 9.79. The van der Waals surface area contributed by atoms with Crippen molar-refractivity contribution in [1.82, 2.24) is 10.4 Å². The van der Waals surface area contributed by atoms with Crippen molar-refractivity contribution >= 4 is 17.5 Å². The first-order valence-corrected chi connectivity index (χ1v) is 7.07. The molecule has 1 amide bonds. The third-order valence-corrected chi connectivity index (χ3v) is 3.81. The lowest BCUT2D eigenvalue weighted by Crippen LogP contribution is -2.62. The maximum absolute atomic E-state index is 11.7. The fourth-order valence-electron chi connectivity index (χ4n) is 2.90. The zero-order valence-electron chi connectivity index (χ0n) is 11.8. The van der Waals surface area contributed by atoms with Gasteiger partial charge in [0.25, 0.3) is 0 Å². The number of alkyl halides is 1. The van der Waals surface area contributed by atoms with Gasteiger partial charge in [0.05, 0.1) is 0 Å². The van der Waals surface area contributed by atoms with Crippen molar-refractivity contribution in [3.05, 3.63) is 0 Å². The number of nitrogens with zero attached hydrogens (tertiary/aromatic N) is 1. The average Bonchev–Trinajstić information content (AvgIpc) is 2.22. The van der Waals surface area contributed by atoms with E-state index >= 15 is 0 Å². The first-order valence-electron chi connectivity index (χ1n) is 6.53. The van der Waals surface area contributed by atoms with Crippen LogP contribution in [-0.4, -0.2) is 39.2 Å². The summed E-state index contributed by atoms with van der Waals surface area (Å²) in [5, 5.41) is 14.6. The molecule has 0 aromatic heterocycles. The highest BCUT2D eigenvalue weighted by atomic mass is 35.5. The topological polar surface area (TPSA) is 52.6 Å². The third-order valence-electron chi connectivity index (χ3n) is 3.54. The average molecular weight is 277 g/mol. The summed E-state index contributed by atoms with van der Waals surface area (Å²) in [6.45, 7) is 7.97. The van der Waals surface area contributed by atoms with Crippen LogP contribution in [-0.2, 0) is 4.79 Å². The van der Waals surface area contributed by atoms with Gasteiger partial charge < -0.3 is 10.5 Å². The Morgan fingerprint density at radius 2 is 1.83 bits per heavy atom. The van der Waals surface area contributed by atoms with Gasteiger partial charge in [0, 0.05) is 29.4 Å². The van der Waals surface area contributed by atoms with Crippen molar-refractivity contribution in [3.8, 4) is 0 Å². The number of hydrogen-bond donors (Lipinski definition) is 2. The minimum Gasteiger partial charge on any atom is -0.353 e. The molecule has 0 unspecified atom stereocenters. The van der Waals surface area contributed by atoms with Gasteiger partial charge in [0.15, 0.2) is 0 Å². The van der Waals surface area contributed by atoms with E-state index < -0.39 is 0 Å². The minimum absolute atomic E-state index is 0.0543. The van der Waals surface area contributed by atoms with Crippen LogP contribution in [0.2, 0.25) is 0 Å². The zero-order chi connectivity index (χ0) is 14.0. The van der Waals surface area contributed by atoms with E-state index in [4.69, 9.17) is 11.6 Å². The van der Waals surface area contributed by atoms with Crippen molar-refractivity contribution in [2.75, 3.05) is 5.88 Å². The molecule has 1 aliphatic rings. The number of hydroxylamine groups is 2. The largest absolute Gasteiger partial charge is 0.353 e. The summed E-state index contributed by atoms with van der Waals surface area (Å²) >= 11 is 5.58. The van der Waals surface area contributed by atoms with E-state index in [1.807, 2.05) is 27.7 Å². The standard InChI is InChI=1S/C13H25ClN2O2/c1-12(2)8-10(9-13(3,4)16(12)18)15-11(17)6-5-7-14/h10,18H,5-9H2,1-4H3,(H,15,17). The SMILES string of the molecule is CC1(C)CC(NC(=O)CCCCl)CC(C)(C)N1O.